The first-order valence-electron chi connectivity index (χ1n) is 8.63. The van der Waals surface area contributed by atoms with E-state index in [9.17, 15) is 12.8 Å². The Morgan fingerprint density at radius 1 is 1.27 bits per heavy atom. The minimum atomic E-state index is -3.07. The molecule has 1 aromatic rings. The van der Waals surface area contributed by atoms with Crippen molar-refractivity contribution < 1.29 is 12.8 Å². The molecule has 1 N–H and O–H groups in total. The maximum Gasteiger partial charge on any atom is 0.193 e. The number of hydrogen-bond donors (Lipinski definition) is 1. The normalized spacial score (nSPS) is 23.1. The van der Waals surface area contributed by atoms with Gasteiger partial charge in [-0.1, -0.05) is 12.1 Å². The molecule has 0 amide bonds. The van der Waals surface area contributed by atoms with E-state index in [1.54, 1.807) is 20.9 Å². The van der Waals surface area contributed by atoms with E-state index in [-0.39, 0.29) is 41.0 Å². The molecule has 1 aliphatic carbocycles. The molecule has 26 heavy (non-hydrogen) atoms. The Morgan fingerprint density at radius 3 is 2.38 bits per heavy atom. The number of hydrogen-bond acceptors (Lipinski definition) is 3. The summed E-state index contributed by atoms with van der Waals surface area (Å²) in [5, 5.41) is 3.41. The molecule has 0 spiro atoms. The summed E-state index contributed by atoms with van der Waals surface area (Å²) in [7, 11) is -1.36. The lowest BCUT2D eigenvalue weighted by Crippen LogP contribution is -2.57. The largest absolute Gasteiger partial charge is 0.355 e. The molecular formula is C18H27FIN3O2S. The zero-order valence-electron chi connectivity index (χ0n) is 15.5. The molecule has 3 rings (SSSR count). The van der Waals surface area contributed by atoms with Crippen LogP contribution >= 0.6 is 24.0 Å². The Morgan fingerprint density at radius 2 is 1.88 bits per heavy atom. The van der Waals surface area contributed by atoms with Crippen LogP contribution in [0.25, 0.3) is 0 Å². The summed E-state index contributed by atoms with van der Waals surface area (Å²) in [6.07, 6.45) is 2.12. The van der Waals surface area contributed by atoms with Crippen molar-refractivity contribution >= 4 is 39.8 Å². The zero-order valence-corrected chi connectivity index (χ0v) is 18.6. The fourth-order valence-electron chi connectivity index (χ4n) is 3.43. The number of aliphatic imine (C=N–C) groups is 1. The molecule has 5 nitrogen and oxygen atoms in total. The van der Waals surface area contributed by atoms with Crippen LogP contribution in [0.5, 0.6) is 0 Å². The monoisotopic (exact) mass is 495 g/mol. The standard InChI is InChI=1S/C18H26FN3O2S.HI/c1-17(2)13-22(10-11-25(17,23)24)16(20-3)21-12-18(8-9-18)14-4-6-15(19)7-5-14;/h4-7H,8-13H2,1-3H3,(H,20,21);1H. The Bertz CT molecular complexity index is 774. The van der Waals surface area contributed by atoms with E-state index in [0.29, 0.717) is 13.1 Å². The second kappa shape index (κ2) is 7.61. The maximum atomic E-state index is 13.2. The lowest BCUT2D eigenvalue weighted by Gasteiger charge is -2.39. The number of nitrogens with zero attached hydrogens (tertiary/aromatic N) is 2. The van der Waals surface area contributed by atoms with Gasteiger partial charge in [0.05, 0.1) is 10.5 Å². The third kappa shape index (κ3) is 4.16. The van der Waals surface area contributed by atoms with E-state index in [4.69, 9.17) is 0 Å². The fraction of sp³-hybridized carbons (Fsp3) is 0.611. The molecule has 0 unspecified atom stereocenters. The third-order valence-corrected chi connectivity index (χ3v) is 7.98. The van der Waals surface area contributed by atoms with E-state index < -0.39 is 14.6 Å². The van der Waals surface area contributed by atoms with Crippen LogP contribution in [0.4, 0.5) is 4.39 Å². The van der Waals surface area contributed by atoms with Gasteiger partial charge in [-0.05, 0) is 44.4 Å². The smallest absolute Gasteiger partial charge is 0.193 e. The van der Waals surface area contributed by atoms with Gasteiger partial charge in [0, 0.05) is 32.1 Å². The predicted octanol–water partition coefficient (Wildman–Crippen LogP) is 2.56. The minimum absolute atomic E-state index is 0. The number of halogens is 2. The highest BCUT2D eigenvalue weighted by atomic mass is 127. The second-order valence-electron chi connectivity index (χ2n) is 7.69. The maximum absolute atomic E-state index is 13.2. The van der Waals surface area contributed by atoms with Crippen LogP contribution in [0.2, 0.25) is 0 Å². The van der Waals surface area contributed by atoms with Crippen LogP contribution in [-0.4, -0.2) is 56.5 Å². The minimum Gasteiger partial charge on any atom is -0.355 e. The summed E-state index contributed by atoms with van der Waals surface area (Å²) < 4.78 is 36.7. The quantitative estimate of drug-likeness (QED) is 0.398. The summed E-state index contributed by atoms with van der Waals surface area (Å²) in [5.74, 6) is 0.653. The molecule has 0 aromatic heterocycles. The number of guanidine groups is 1. The van der Waals surface area contributed by atoms with Crippen LogP contribution in [0.15, 0.2) is 29.3 Å². The molecule has 1 aromatic carbocycles. The molecule has 0 radical (unpaired) electrons. The van der Waals surface area contributed by atoms with Crippen molar-refractivity contribution in [2.45, 2.75) is 36.9 Å². The number of sulfone groups is 1. The molecule has 0 atom stereocenters. The summed E-state index contributed by atoms with van der Waals surface area (Å²) >= 11 is 0. The van der Waals surface area contributed by atoms with Crippen molar-refractivity contribution in [3.8, 4) is 0 Å². The molecule has 1 saturated carbocycles. The Kier molecular flexibility index (Phi) is 6.27. The molecular weight excluding hydrogens is 468 g/mol. The molecule has 2 aliphatic rings. The zero-order chi connectivity index (χ0) is 18.3. The van der Waals surface area contributed by atoms with Gasteiger partial charge in [-0.25, -0.2) is 12.8 Å². The van der Waals surface area contributed by atoms with Gasteiger partial charge in [0.1, 0.15) is 5.82 Å². The SMILES string of the molecule is CN=C(NCC1(c2ccc(F)cc2)CC1)N1CCS(=O)(=O)C(C)(C)C1.I. The van der Waals surface area contributed by atoms with E-state index >= 15 is 0 Å². The van der Waals surface area contributed by atoms with Crippen molar-refractivity contribution in [3.05, 3.63) is 35.6 Å². The molecule has 2 fully saturated rings. The van der Waals surface area contributed by atoms with Gasteiger partial charge in [-0.15, -0.1) is 24.0 Å². The number of nitrogens with one attached hydrogen (secondary N) is 1. The summed E-state index contributed by atoms with van der Waals surface area (Å²) in [6.45, 7) is 5.13. The topological polar surface area (TPSA) is 61.8 Å². The highest BCUT2D eigenvalue weighted by Crippen LogP contribution is 2.47. The van der Waals surface area contributed by atoms with Gasteiger partial charge < -0.3 is 10.2 Å². The molecule has 1 saturated heterocycles. The Labute approximate surface area is 172 Å². The summed E-state index contributed by atoms with van der Waals surface area (Å²) in [5.41, 5.74) is 1.17. The summed E-state index contributed by atoms with van der Waals surface area (Å²) in [6, 6.07) is 6.71. The average molecular weight is 495 g/mol. The predicted molar refractivity (Wildman–Crippen MR) is 114 cm³/mol. The van der Waals surface area contributed by atoms with Gasteiger partial charge in [-0.2, -0.15) is 0 Å². The van der Waals surface area contributed by atoms with Crippen LogP contribution in [-0.2, 0) is 15.3 Å². The third-order valence-electron chi connectivity index (χ3n) is 5.45. The van der Waals surface area contributed by atoms with Gasteiger partial charge in [-0.3, -0.25) is 4.99 Å². The number of benzene rings is 1. The van der Waals surface area contributed by atoms with Crippen molar-refractivity contribution in [2.75, 3.05) is 32.4 Å². The van der Waals surface area contributed by atoms with Crippen LogP contribution in [0, 0.1) is 5.82 Å². The molecule has 0 bridgehead atoms. The molecule has 1 heterocycles. The van der Waals surface area contributed by atoms with E-state index in [2.05, 4.69) is 10.3 Å². The number of rotatable bonds is 3. The fourth-order valence-corrected chi connectivity index (χ4v) is 4.79. The first kappa shape index (κ1) is 21.4. The van der Waals surface area contributed by atoms with Gasteiger partial charge >= 0.3 is 0 Å². The van der Waals surface area contributed by atoms with E-state index in [1.807, 2.05) is 17.0 Å². The van der Waals surface area contributed by atoms with Crippen molar-refractivity contribution in [1.82, 2.24) is 10.2 Å². The molecule has 1 aliphatic heterocycles. The highest BCUT2D eigenvalue weighted by Gasteiger charge is 2.45. The van der Waals surface area contributed by atoms with Crippen molar-refractivity contribution in [3.63, 3.8) is 0 Å². The summed E-state index contributed by atoms with van der Waals surface area (Å²) in [4.78, 5) is 6.36. The first-order chi connectivity index (χ1) is 11.7. The second-order valence-corrected chi connectivity index (χ2v) is 10.4. The van der Waals surface area contributed by atoms with E-state index in [0.717, 1.165) is 30.9 Å². The van der Waals surface area contributed by atoms with Crippen LogP contribution in [0.1, 0.15) is 32.3 Å². The first-order valence-corrected chi connectivity index (χ1v) is 10.3. The van der Waals surface area contributed by atoms with Gasteiger partial charge in [0.25, 0.3) is 0 Å². The Hall–Kier alpha value is -0.900. The molecule has 8 heteroatoms. The lowest BCUT2D eigenvalue weighted by atomic mass is 9.96. The Balaban J connectivity index is 0.00000243. The van der Waals surface area contributed by atoms with Crippen LogP contribution < -0.4 is 5.32 Å². The van der Waals surface area contributed by atoms with Gasteiger partial charge in [0.15, 0.2) is 15.8 Å². The average Bonchev–Trinajstić information content (AvgIpc) is 3.33. The van der Waals surface area contributed by atoms with Gasteiger partial charge in [0.2, 0.25) is 0 Å². The van der Waals surface area contributed by atoms with Crippen LogP contribution in [0.3, 0.4) is 0 Å². The van der Waals surface area contributed by atoms with Crippen molar-refractivity contribution in [1.29, 1.82) is 0 Å². The highest BCUT2D eigenvalue weighted by molar-refractivity contribution is 14.0. The lowest BCUT2D eigenvalue weighted by molar-refractivity contribution is 0.352. The molecule has 146 valence electrons. The van der Waals surface area contributed by atoms with E-state index in [1.165, 1.54) is 12.1 Å². The van der Waals surface area contributed by atoms with Crippen molar-refractivity contribution in [2.24, 2.45) is 4.99 Å².